The number of carbonyl (C=O) groups is 2. The molecule has 4 atom stereocenters. The fraction of sp³-hybridized carbons (Fsp3) is 0.895. The van der Waals surface area contributed by atoms with Crippen molar-refractivity contribution in [3.05, 3.63) is 0 Å². The molecule has 1 aliphatic heterocycles. The van der Waals surface area contributed by atoms with Crippen molar-refractivity contribution in [2.24, 2.45) is 17.8 Å². The van der Waals surface area contributed by atoms with Gasteiger partial charge >= 0.3 is 0 Å². The predicted octanol–water partition coefficient (Wildman–Crippen LogP) is 1.92. The molecule has 3 aliphatic rings. The van der Waals surface area contributed by atoms with Crippen LogP contribution in [0.3, 0.4) is 0 Å². The van der Waals surface area contributed by atoms with Crippen molar-refractivity contribution >= 4 is 11.8 Å². The molecule has 0 unspecified atom stereocenters. The highest BCUT2D eigenvalue weighted by molar-refractivity contribution is 5.82. The summed E-state index contributed by atoms with van der Waals surface area (Å²) in [5.41, 5.74) is 0. The first kappa shape index (κ1) is 17.7. The molecule has 1 heterocycles. The van der Waals surface area contributed by atoms with Crippen LogP contribution in [-0.4, -0.2) is 48.9 Å². The fourth-order valence-electron chi connectivity index (χ4n) is 4.55. The number of hydrogen-bond donors (Lipinski definition) is 2. The number of carbonyl (C=O) groups excluding carboxylic acids is 2. The van der Waals surface area contributed by atoms with Crippen LogP contribution in [-0.2, 0) is 9.59 Å². The summed E-state index contributed by atoms with van der Waals surface area (Å²) in [6.45, 7) is 5.44. The minimum atomic E-state index is 0.0522. The van der Waals surface area contributed by atoms with Crippen molar-refractivity contribution in [2.45, 2.75) is 64.3 Å². The maximum absolute atomic E-state index is 11.9. The molecule has 3 fully saturated rings. The Hall–Kier alpha value is -1.10. The third kappa shape index (κ3) is 4.71. The van der Waals surface area contributed by atoms with Crippen LogP contribution >= 0.6 is 0 Å². The highest BCUT2D eigenvalue weighted by atomic mass is 16.2. The van der Waals surface area contributed by atoms with Gasteiger partial charge in [-0.05, 0) is 50.5 Å². The second-order valence-corrected chi connectivity index (χ2v) is 8.00. The van der Waals surface area contributed by atoms with Crippen LogP contribution in [0.15, 0.2) is 0 Å². The maximum Gasteiger partial charge on any atom is 0.223 e. The first-order valence-electron chi connectivity index (χ1n) is 9.93. The molecule has 0 radical (unpaired) electrons. The quantitative estimate of drug-likeness (QED) is 0.747. The lowest BCUT2D eigenvalue weighted by molar-refractivity contribution is -0.123. The molecular formula is C19H33N3O2. The summed E-state index contributed by atoms with van der Waals surface area (Å²) in [4.78, 5) is 26.2. The van der Waals surface area contributed by atoms with Crippen LogP contribution in [0.2, 0.25) is 0 Å². The largest absolute Gasteiger partial charge is 0.355 e. The topological polar surface area (TPSA) is 61.4 Å². The number of amides is 2. The van der Waals surface area contributed by atoms with Crippen LogP contribution in [0.1, 0.15) is 58.3 Å². The summed E-state index contributed by atoms with van der Waals surface area (Å²) in [5.74, 6) is 1.77. The average Bonchev–Trinajstić information content (AvgIpc) is 3.32. The number of fused-ring (bicyclic) bond motifs is 1. The Bertz CT molecular complexity index is 452. The van der Waals surface area contributed by atoms with Crippen molar-refractivity contribution in [1.82, 2.24) is 15.5 Å². The van der Waals surface area contributed by atoms with E-state index in [0.29, 0.717) is 18.9 Å². The third-order valence-corrected chi connectivity index (χ3v) is 6.18. The van der Waals surface area contributed by atoms with Gasteiger partial charge in [0, 0.05) is 38.0 Å². The molecule has 0 aromatic carbocycles. The zero-order valence-electron chi connectivity index (χ0n) is 15.1. The maximum atomic E-state index is 11.9. The molecule has 1 saturated heterocycles. The van der Waals surface area contributed by atoms with Crippen LogP contribution in [0.5, 0.6) is 0 Å². The Balaban J connectivity index is 1.28. The smallest absolute Gasteiger partial charge is 0.223 e. The van der Waals surface area contributed by atoms with Gasteiger partial charge in [-0.2, -0.15) is 0 Å². The molecule has 2 aliphatic carbocycles. The lowest BCUT2D eigenvalue weighted by Crippen LogP contribution is -2.49. The van der Waals surface area contributed by atoms with E-state index in [0.717, 1.165) is 31.5 Å². The first-order chi connectivity index (χ1) is 11.6. The van der Waals surface area contributed by atoms with E-state index < -0.39 is 0 Å². The summed E-state index contributed by atoms with van der Waals surface area (Å²) < 4.78 is 0. The molecule has 24 heavy (non-hydrogen) atoms. The Morgan fingerprint density at radius 3 is 2.58 bits per heavy atom. The van der Waals surface area contributed by atoms with E-state index in [2.05, 4.69) is 22.5 Å². The molecule has 0 bridgehead atoms. The van der Waals surface area contributed by atoms with Crippen molar-refractivity contribution in [1.29, 1.82) is 0 Å². The monoisotopic (exact) mass is 335 g/mol. The first-order valence-corrected chi connectivity index (χ1v) is 9.93. The van der Waals surface area contributed by atoms with Gasteiger partial charge in [-0.1, -0.05) is 19.8 Å². The molecule has 0 aromatic heterocycles. The van der Waals surface area contributed by atoms with Gasteiger partial charge in [-0.15, -0.1) is 0 Å². The second-order valence-electron chi connectivity index (χ2n) is 8.00. The molecule has 2 N–H and O–H groups in total. The highest BCUT2D eigenvalue weighted by Crippen LogP contribution is 2.37. The van der Waals surface area contributed by atoms with E-state index in [-0.39, 0.29) is 17.7 Å². The van der Waals surface area contributed by atoms with Gasteiger partial charge in [-0.3, -0.25) is 14.5 Å². The van der Waals surface area contributed by atoms with Crippen LogP contribution in [0.25, 0.3) is 0 Å². The molecule has 5 nitrogen and oxygen atoms in total. The molecule has 0 aromatic rings. The van der Waals surface area contributed by atoms with Crippen molar-refractivity contribution in [3.63, 3.8) is 0 Å². The highest BCUT2D eigenvalue weighted by Gasteiger charge is 2.38. The lowest BCUT2D eigenvalue weighted by Gasteiger charge is -2.44. The normalized spacial score (nSPS) is 32.7. The molecular weight excluding hydrogens is 302 g/mol. The molecule has 3 rings (SSSR count). The Morgan fingerprint density at radius 1 is 1.04 bits per heavy atom. The van der Waals surface area contributed by atoms with Crippen molar-refractivity contribution in [3.8, 4) is 0 Å². The van der Waals surface area contributed by atoms with E-state index in [1.165, 1.54) is 45.1 Å². The Labute approximate surface area is 145 Å². The minimum absolute atomic E-state index is 0.0522. The average molecular weight is 335 g/mol. The number of rotatable bonds is 7. The Kier molecular flexibility index (Phi) is 6.14. The number of likely N-dealkylation sites (tertiary alicyclic amines) is 1. The summed E-state index contributed by atoms with van der Waals surface area (Å²) in [6.07, 6.45) is 9.58. The van der Waals surface area contributed by atoms with Crippen LogP contribution in [0.4, 0.5) is 0 Å². The van der Waals surface area contributed by atoms with E-state index in [4.69, 9.17) is 0 Å². The van der Waals surface area contributed by atoms with Gasteiger partial charge in [0.25, 0.3) is 0 Å². The van der Waals surface area contributed by atoms with E-state index in [9.17, 15) is 9.59 Å². The third-order valence-electron chi connectivity index (χ3n) is 6.18. The lowest BCUT2D eigenvalue weighted by atomic mass is 9.78. The summed E-state index contributed by atoms with van der Waals surface area (Å²) in [5, 5.41) is 5.89. The minimum Gasteiger partial charge on any atom is -0.355 e. The Morgan fingerprint density at radius 2 is 1.79 bits per heavy atom. The molecule has 5 heteroatoms. The number of nitrogens with one attached hydrogen (secondary N) is 2. The van der Waals surface area contributed by atoms with E-state index in [1.54, 1.807) is 0 Å². The SMILES string of the molecule is C[C@@H]1C[C@@H]1C(=O)NCCC(=O)NCCN1CCC[C@@H]2CCCC[C@@H]21. The van der Waals surface area contributed by atoms with Gasteiger partial charge in [0.1, 0.15) is 0 Å². The molecule has 2 saturated carbocycles. The summed E-state index contributed by atoms with van der Waals surface area (Å²) >= 11 is 0. The van der Waals surface area contributed by atoms with E-state index >= 15 is 0 Å². The zero-order valence-corrected chi connectivity index (χ0v) is 15.1. The van der Waals surface area contributed by atoms with Crippen molar-refractivity contribution < 1.29 is 9.59 Å². The van der Waals surface area contributed by atoms with Crippen LogP contribution < -0.4 is 10.6 Å². The predicted molar refractivity (Wildman–Crippen MR) is 94.5 cm³/mol. The summed E-state index contributed by atoms with van der Waals surface area (Å²) in [7, 11) is 0. The number of piperidine rings is 1. The van der Waals surface area contributed by atoms with E-state index in [1.807, 2.05) is 0 Å². The molecule has 2 amide bonds. The van der Waals surface area contributed by atoms with Gasteiger partial charge < -0.3 is 10.6 Å². The standard InChI is InChI=1S/C19H33N3O2/c1-14-13-16(14)19(24)21-9-8-18(23)20-10-12-22-11-4-6-15-5-2-3-7-17(15)22/h14-17H,2-13H2,1H3,(H,20,23)(H,21,24)/t14-,15+,16+,17+/m1/s1. The van der Waals surface area contributed by atoms with Gasteiger partial charge in [-0.25, -0.2) is 0 Å². The fourth-order valence-corrected chi connectivity index (χ4v) is 4.55. The second kappa shape index (κ2) is 8.32. The van der Waals surface area contributed by atoms with Gasteiger partial charge in [0.2, 0.25) is 11.8 Å². The van der Waals surface area contributed by atoms with Crippen LogP contribution in [0, 0.1) is 17.8 Å². The van der Waals surface area contributed by atoms with Crippen molar-refractivity contribution in [2.75, 3.05) is 26.2 Å². The number of hydrogen-bond acceptors (Lipinski definition) is 3. The molecule has 0 spiro atoms. The summed E-state index contributed by atoms with van der Waals surface area (Å²) in [6, 6.07) is 0.754. The van der Waals surface area contributed by atoms with Gasteiger partial charge in [0.15, 0.2) is 0 Å². The zero-order chi connectivity index (χ0) is 16.9. The molecule has 136 valence electrons. The van der Waals surface area contributed by atoms with Gasteiger partial charge in [0.05, 0.1) is 0 Å². The number of nitrogens with zero attached hydrogens (tertiary/aromatic N) is 1.